The van der Waals surface area contributed by atoms with Crippen molar-refractivity contribution in [1.29, 1.82) is 0 Å². The van der Waals surface area contributed by atoms with Gasteiger partial charge in [0.2, 0.25) is 5.75 Å². The van der Waals surface area contributed by atoms with Crippen LogP contribution in [0.15, 0.2) is 34.7 Å². The van der Waals surface area contributed by atoms with Crippen LogP contribution >= 0.6 is 0 Å². The van der Waals surface area contributed by atoms with Gasteiger partial charge in [0.25, 0.3) is 5.75 Å². The van der Waals surface area contributed by atoms with Gasteiger partial charge in [0.15, 0.2) is 17.2 Å². The first kappa shape index (κ1) is 18.4. The SMILES string of the molecule is COc1cc(/C=C/c2cc(C)c3ccc(O)c(OC)c3[o+]2)cc(OC)c1O. The van der Waals surface area contributed by atoms with E-state index >= 15 is 0 Å². The van der Waals surface area contributed by atoms with Crippen LogP contribution in [0.5, 0.6) is 28.7 Å². The smallest absolute Gasteiger partial charge is 0.406 e. The summed E-state index contributed by atoms with van der Waals surface area (Å²) in [6.45, 7) is 1.96. The lowest BCUT2D eigenvalue weighted by atomic mass is 10.1. The summed E-state index contributed by atoms with van der Waals surface area (Å²) in [4.78, 5) is 0. The first-order chi connectivity index (χ1) is 13.0. The molecule has 0 spiro atoms. The molecule has 3 aromatic rings. The highest BCUT2D eigenvalue weighted by Gasteiger charge is 2.22. The topological polar surface area (TPSA) is 79.5 Å². The Kier molecular flexibility index (Phi) is 5.07. The second kappa shape index (κ2) is 7.45. The third kappa shape index (κ3) is 3.46. The molecule has 0 aliphatic rings. The van der Waals surface area contributed by atoms with Gasteiger partial charge in [-0.3, -0.25) is 0 Å². The van der Waals surface area contributed by atoms with Crippen LogP contribution < -0.4 is 14.2 Å². The fourth-order valence-corrected chi connectivity index (χ4v) is 2.87. The van der Waals surface area contributed by atoms with Crippen molar-refractivity contribution in [2.45, 2.75) is 6.92 Å². The van der Waals surface area contributed by atoms with E-state index < -0.39 is 0 Å². The van der Waals surface area contributed by atoms with Crippen LogP contribution in [0, 0.1) is 6.92 Å². The van der Waals surface area contributed by atoms with E-state index in [0.717, 1.165) is 16.5 Å². The first-order valence-electron chi connectivity index (χ1n) is 8.25. The van der Waals surface area contributed by atoms with Gasteiger partial charge in [-0.25, -0.2) is 4.42 Å². The van der Waals surface area contributed by atoms with Crippen LogP contribution in [0.25, 0.3) is 23.1 Å². The predicted molar refractivity (Wildman–Crippen MR) is 104 cm³/mol. The highest BCUT2D eigenvalue weighted by Crippen LogP contribution is 2.38. The summed E-state index contributed by atoms with van der Waals surface area (Å²) in [7, 11) is 4.43. The zero-order valence-corrected chi connectivity index (χ0v) is 15.6. The second-order valence-electron chi connectivity index (χ2n) is 5.93. The third-order valence-electron chi connectivity index (χ3n) is 4.24. The maximum absolute atomic E-state index is 10.0. The average molecular weight is 369 g/mol. The molecule has 27 heavy (non-hydrogen) atoms. The molecule has 140 valence electrons. The van der Waals surface area contributed by atoms with E-state index in [4.69, 9.17) is 18.6 Å². The Hall–Kier alpha value is -3.41. The Balaban J connectivity index is 2.07. The lowest BCUT2D eigenvalue weighted by Gasteiger charge is -2.09. The van der Waals surface area contributed by atoms with E-state index in [1.165, 1.54) is 21.3 Å². The Morgan fingerprint density at radius 3 is 2.15 bits per heavy atom. The van der Waals surface area contributed by atoms with Crippen molar-refractivity contribution in [2.75, 3.05) is 21.3 Å². The van der Waals surface area contributed by atoms with Crippen molar-refractivity contribution in [3.63, 3.8) is 0 Å². The summed E-state index contributed by atoms with van der Waals surface area (Å²) in [5, 5.41) is 20.8. The van der Waals surface area contributed by atoms with Gasteiger partial charge >= 0.3 is 11.3 Å². The van der Waals surface area contributed by atoms with E-state index in [2.05, 4.69) is 0 Å². The minimum Gasteiger partial charge on any atom is -0.504 e. The largest absolute Gasteiger partial charge is 0.504 e. The fraction of sp³-hybridized carbons (Fsp3) is 0.190. The van der Waals surface area contributed by atoms with Crippen LogP contribution in [0.2, 0.25) is 0 Å². The number of benzene rings is 2. The quantitative estimate of drug-likeness (QED) is 0.639. The Bertz CT molecular complexity index is 998. The molecule has 0 amide bonds. The predicted octanol–water partition coefficient (Wildman–Crippen LogP) is 4.63. The maximum Gasteiger partial charge on any atom is 0.406 e. The number of phenols is 2. The molecule has 2 N–H and O–H groups in total. The maximum atomic E-state index is 10.0. The minimum absolute atomic E-state index is 0.0160. The number of hydrogen-bond acceptors (Lipinski definition) is 5. The van der Waals surface area contributed by atoms with Gasteiger partial charge in [0.1, 0.15) is 0 Å². The molecular weight excluding hydrogens is 348 g/mol. The molecule has 0 fully saturated rings. The molecule has 0 radical (unpaired) electrons. The summed E-state index contributed by atoms with van der Waals surface area (Å²) in [6.07, 6.45) is 3.59. The Labute approximate surface area is 156 Å². The monoisotopic (exact) mass is 369 g/mol. The van der Waals surface area contributed by atoms with Gasteiger partial charge in [0, 0.05) is 12.1 Å². The lowest BCUT2D eigenvalue weighted by Crippen LogP contribution is -1.90. The zero-order chi connectivity index (χ0) is 19.6. The molecule has 0 atom stereocenters. The number of phenolic OH excluding ortho intramolecular Hbond substituents is 2. The summed E-state index contributed by atoms with van der Waals surface area (Å²) in [5.74, 6) is 1.46. The normalized spacial score (nSPS) is 11.1. The zero-order valence-electron chi connectivity index (χ0n) is 15.6. The van der Waals surface area contributed by atoms with Gasteiger partial charge in [-0.1, -0.05) is 0 Å². The van der Waals surface area contributed by atoms with Gasteiger partial charge in [0.05, 0.1) is 26.7 Å². The Morgan fingerprint density at radius 2 is 1.56 bits per heavy atom. The van der Waals surface area contributed by atoms with Crippen molar-refractivity contribution in [3.8, 4) is 28.7 Å². The van der Waals surface area contributed by atoms with E-state index in [0.29, 0.717) is 28.6 Å². The van der Waals surface area contributed by atoms with Crippen molar-refractivity contribution in [3.05, 3.63) is 47.2 Å². The molecule has 0 aliphatic carbocycles. The number of fused-ring (bicyclic) bond motifs is 1. The number of ether oxygens (including phenoxy) is 3. The molecule has 0 saturated carbocycles. The number of aryl methyl sites for hydroxylation is 1. The first-order valence-corrected chi connectivity index (χ1v) is 8.25. The fourth-order valence-electron chi connectivity index (χ4n) is 2.87. The molecule has 0 unspecified atom stereocenters. The molecule has 6 nitrogen and oxygen atoms in total. The number of hydrogen-bond donors (Lipinski definition) is 2. The summed E-state index contributed by atoms with van der Waals surface area (Å²) in [5.41, 5.74) is 2.21. The molecule has 0 saturated heterocycles. The second-order valence-corrected chi connectivity index (χ2v) is 5.93. The summed E-state index contributed by atoms with van der Waals surface area (Å²) in [6, 6.07) is 8.64. The number of methoxy groups -OCH3 is 3. The van der Waals surface area contributed by atoms with Gasteiger partial charge < -0.3 is 24.4 Å². The molecule has 0 aliphatic heterocycles. The number of aromatic hydroxyl groups is 2. The van der Waals surface area contributed by atoms with Crippen molar-refractivity contribution in [2.24, 2.45) is 0 Å². The summed E-state index contributed by atoms with van der Waals surface area (Å²) >= 11 is 0. The lowest BCUT2D eigenvalue weighted by molar-refractivity contribution is 0.340. The Morgan fingerprint density at radius 1 is 0.889 bits per heavy atom. The number of rotatable bonds is 5. The molecular formula is C21H21O6+. The van der Waals surface area contributed by atoms with Crippen LogP contribution in [-0.4, -0.2) is 31.5 Å². The molecule has 1 heterocycles. The minimum atomic E-state index is -0.0522. The molecule has 1 aromatic heterocycles. The summed E-state index contributed by atoms with van der Waals surface area (Å²) < 4.78 is 21.5. The van der Waals surface area contributed by atoms with Crippen molar-refractivity contribution in [1.82, 2.24) is 0 Å². The van der Waals surface area contributed by atoms with Gasteiger partial charge in [-0.2, -0.15) is 0 Å². The molecule has 0 bridgehead atoms. The third-order valence-corrected chi connectivity index (χ3v) is 4.24. The molecule has 3 rings (SSSR count). The van der Waals surface area contributed by atoms with Crippen LogP contribution in [0.4, 0.5) is 0 Å². The van der Waals surface area contributed by atoms with E-state index in [-0.39, 0.29) is 11.5 Å². The average Bonchev–Trinajstić information content (AvgIpc) is 2.66. The molecule has 6 heteroatoms. The standard InChI is InChI=1S/C21H20O6/c1-12-9-14(27-20-15(12)7-8-16(22)21(20)26-4)6-5-13-10-17(24-2)19(23)18(11-13)25-3/h5-11H,1-4H3,(H-,22,23)/p+1/b6-5+. The van der Waals surface area contributed by atoms with Crippen molar-refractivity contribution < 1.29 is 28.8 Å². The van der Waals surface area contributed by atoms with E-state index in [1.54, 1.807) is 30.3 Å². The van der Waals surface area contributed by atoms with E-state index in [9.17, 15) is 10.2 Å². The van der Waals surface area contributed by atoms with Crippen molar-refractivity contribution >= 4 is 23.1 Å². The van der Waals surface area contributed by atoms with Gasteiger partial charge in [-0.05, 0) is 48.4 Å². The van der Waals surface area contributed by atoms with E-state index in [1.807, 2.05) is 19.1 Å². The van der Waals surface area contributed by atoms with Gasteiger partial charge in [-0.15, -0.1) is 0 Å². The van der Waals surface area contributed by atoms with Crippen LogP contribution in [0.1, 0.15) is 16.9 Å². The highest BCUT2D eigenvalue weighted by atomic mass is 16.5. The molecule has 2 aromatic carbocycles. The highest BCUT2D eigenvalue weighted by molar-refractivity contribution is 5.89. The van der Waals surface area contributed by atoms with Crippen LogP contribution in [-0.2, 0) is 0 Å². The van der Waals surface area contributed by atoms with Crippen LogP contribution in [0.3, 0.4) is 0 Å².